The summed E-state index contributed by atoms with van der Waals surface area (Å²) >= 11 is 5.45. The molecule has 0 saturated carbocycles. The standard InChI is InChI=1S/C19H21N3O3S2/c1-15(23)16-6-5-7-17(14-16)20-19(26)21-10-12-22(13-11-21)27(24,25)18-8-3-2-4-9-18/h2-9,14H,10-13H2,1H3,(H,20,26). The minimum atomic E-state index is -3.48. The lowest BCUT2D eigenvalue weighted by molar-refractivity contribution is 0.101. The first-order chi connectivity index (χ1) is 12.9. The maximum Gasteiger partial charge on any atom is 0.243 e. The molecule has 6 nitrogen and oxygen atoms in total. The molecule has 0 spiro atoms. The molecule has 1 aliphatic rings. The van der Waals surface area contributed by atoms with Crippen LogP contribution in [0, 0.1) is 0 Å². The summed E-state index contributed by atoms with van der Waals surface area (Å²) in [6.07, 6.45) is 0. The number of nitrogens with zero attached hydrogens (tertiary/aromatic N) is 2. The number of benzene rings is 2. The van der Waals surface area contributed by atoms with Crippen molar-refractivity contribution in [2.45, 2.75) is 11.8 Å². The fourth-order valence-electron chi connectivity index (χ4n) is 2.89. The maximum absolute atomic E-state index is 12.7. The predicted molar refractivity (Wildman–Crippen MR) is 109 cm³/mol. The molecule has 0 radical (unpaired) electrons. The molecule has 1 heterocycles. The minimum Gasteiger partial charge on any atom is -0.346 e. The van der Waals surface area contributed by atoms with Crippen LogP contribution in [0.1, 0.15) is 17.3 Å². The van der Waals surface area contributed by atoms with E-state index < -0.39 is 10.0 Å². The van der Waals surface area contributed by atoms with Gasteiger partial charge in [0.15, 0.2) is 10.9 Å². The summed E-state index contributed by atoms with van der Waals surface area (Å²) in [5.74, 6) is -0.00991. The van der Waals surface area contributed by atoms with Crippen molar-refractivity contribution in [2.75, 3.05) is 31.5 Å². The SMILES string of the molecule is CC(=O)c1cccc(NC(=S)N2CCN(S(=O)(=O)c3ccccc3)CC2)c1. The molecular formula is C19H21N3O3S2. The molecule has 0 amide bonds. The smallest absolute Gasteiger partial charge is 0.243 e. The Morgan fingerprint density at radius 2 is 1.67 bits per heavy atom. The van der Waals surface area contributed by atoms with E-state index in [-0.39, 0.29) is 5.78 Å². The number of anilines is 1. The molecule has 0 aromatic heterocycles. The summed E-state index contributed by atoms with van der Waals surface area (Å²) in [7, 11) is -3.48. The van der Waals surface area contributed by atoms with Gasteiger partial charge in [0.05, 0.1) is 4.90 Å². The fourth-order valence-corrected chi connectivity index (χ4v) is 4.64. The number of Topliss-reactive ketones (excluding diaryl/α,β-unsaturated/α-hetero) is 1. The molecule has 2 aromatic rings. The van der Waals surface area contributed by atoms with Gasteiger partial charge in [-0.25, -0.2) is 8.42 Å². The van der Waals surface area contributed by atoms with Crippen molar-refractivity contribution >= 4 is 38.8 Å². The largest absolute Gasteiger partial charge is 0.346 e. The lowest BCUT2D eigenvalue weighted by Crippen LogP contribution is -2.51. The number of hydrogen-bond donors (Lipinski definition) is 1. The van der Waals surface area contributed by atoms with E-state index in [0.29, 0.717) is 41.8 Å². The van der Waals surface area contributed by atoms with Gasteiger partial charge in [0.25, 0.3) is 0 Å². The number of nitrogens with one attached hydrogen (secondary N) is 1. The van der Waals surface area contributed by atoms with Gasteiger partial charge >= 0.3 is 0 Å². The number of hydrogen-bond acceptors (Lipinski definition) is 4. The molecule has 2 aromatic carbocycles. The van der Waals surface area contributed by atoms with Gasteiger partial charge in [-0.2, -0.15) is 4.31 Å². The zero-order valence-electron chi connectivity index (χ0n) is 15.0. The van der Waals surface area contributed by atoms with E-state index >= 15 is 0 Å². The van der Waals surface area contributed by atoms with Crippen LogP contribution in [0.4, 0.5) is 5.69 Å². The summed E-state index contributed by atoms with van der Waals surface area (Å²) in [6, 6.07) is 15.6. The first-order valence-electron chi connectivity index (χ1n) is 8.60. The molecule has 142 valence electrons. The number of sulfonamides is 1. The zero-order chi connectivity index (χ0) is 19.4. The number of thiocarbonyl (C=S) groups is 1. The summed E-state index contributed by atoms with van der Waals surface area (Å²) in [4.78, 5) is 13.7. The average Bonchev–Trinajstić information content (AvgIpc) is 2.69. The highest BCUT2D eigenvalue weighted by Gasteiger charge is 2.29. The third-order valence-electron chi connectivity index (χ3n) is 4.43. The molecule has 1 fully saturated rings. The van der Waals surface area contributed by atoms with Crippen molar-refractivity contribution in [2.24, 2.45) is 0 Å². The highest BCUT2D eigenvalue weighted by atomic mass is 32.2. The molecule has 8 heteroatoms. The van der Waals surface area contributed by atoms with Gasteiger partial charge in [0.1, 0.15) is 0 Å². The normalized spacial score (nSPS) is 15.4. The number of piperazine rings is 1. The van der Waals surface area contributed by atoms with Crippen LogP contribution in [0.25, 0.3) is 0 Å². The summed E-state index contributed by atoms with van der Waals surface area (Å²) in [5.41, 5.74) is 1.36. The van der Waals surface area contributed by atoms with Crippen LogP contribution in [0.15, 0.2) is 59.5 Å². The third-order valence-corrected chi connectivity index (χ3v) is 6.70. The molecule has 0 bridgehead atoms. The van der Waals surface area contributed by atoms with Gasteiger partial charge in [0.2, 0.25) is 10.0 Å². The Bertz CT molecular complexity index is 938. The van der Waals surface area contributed by atoms with Crippen molar-refractivity contribution in [3.63, 3.8) is 0 Å². The maximum atomic E-state index is 12.7. The van der Waals surface area contributed by atoms with Crippen LogP contribution in [0.2, 0.25) is 0 Å². The third kappa shape index (κ3) is 4.52. The molecule has 0 aliphatic carbocycles. The van der Waals surface area contributed by atoms with Crippen LogP contribution >= 0.6 is 12.2 Å². The lowest BCUT2D eigenvalue weighted by Gasteiger charge is -2.35. The lowest BCUT2D eigenvalue weighted by atomic mass is 10.1. The molecule has 27 heavy (non-hydrogen) atoms. The highest BCUT2D eigenvalue weighted by molar-refractivity contribution is 7.89. The van der Waals surface area contributed by atoms with Crippen LogP contribution in [-0.4, -0.2) is 54.7 Å². The number of carbonyl (C=O) groups is 1. The van der Waals surface area contributed by atoms with Gasteiger partial charge in [-0.05, 0) is 43.4 Å². The van der Waals surface area contributed by atoms with Crippen LogP contribution in [-0.2, 0) is 10.0 Å². The van der Waals surface area contributed by atoms with E-state index in [0.717, 1.165) is 5.69 Å². The van der Waals surface area contributed by atoms with E-state index in [4.69, 9.17) is 12.2 Å². The van der Waals surface area contributed by atoms with Gasteiger partial charge < -0.3 is 10.2 Å². The molecule has 0 atom stereocenters. The van der Waals surface area contributed by atoms with E-state index in [1.165, 1.54) is 11.2 Å². The first kappa shape index (κ1) is 19.5. The molecule has 1 saturated heterocycles. The van der Waals surface area contributed by atoms with Gasteiger partial charge in [0, 0.05) is 37.4 Å². The van der Waals surface area contributed by atoms with Gasteiger partial charge in [-0.15, -0.1) is 0 Å². The molecule has 0 unspecified atom stereocenters. The Balaban J connectivity index is 1.61. The second-order valence-electron chi connectivity index (χ2n) is 6.27. The quantitative estimate of drug-likeness (QED) is 0.625. The van der Waals surface area contributed by atoms with Crippen LogP contribution in [0.3, 0.4) is 0 Å². The topological polar surface area (TPSA) is 69.7 Å². The monoisotopic (exact) mass is 403 g/mol. The minimum absolute atomic E-state index is 0.00991. The molecule has 3 rings (SSSR count). The molecule has 1 aliphatic heterocycles. The van der Waals surface area contributed by atoms with Crippen molar-refractivity contribution < 1.29 is 13.2 Å². The summed E-state index contributed by atoms with van der Waals surface area (Å²) < 4.78 is 26.9. The van der Waals surface area contributed by atoms with Gasteiger partial charge in [-0.3, -0.25) is 4.79 Å². The Morgan fingerprint density at radius 1 is 1.00 bits per heavy atom. The Labute approximate surface area is 164 Å². The van der Waals surface area contributed by atoms with Gasteiger partial charge in [-0.1, -0.05) is 30.3 Å². The number of carbonyl (C=O) groups excluding carboxylic acids is 1. The highest BCUT2D eigenvalue weighted by Crippen LogP contribution is 2.18. The van der Waals surface area contributed by atoms with E-state index in [1.54, 1.807) is 48.5 Å². The van der Waals surface area contributed by atoms with Crippen molar-refractivity contribution in [3.05, 3.63) is 60.2 Å². The first-order valence-corrected chi connectivity index (χ1v) is 10.4. The second-order valence-corrected chi connectivity index (χ2v) is 8.60. The predicted octanol–water partition coefficient (Wildman–Crippen LogP) is 2.59. The number of rotatable bonds is 4. The zero-order valence-corrected chi connectivity index (χ0v) is 16.6. The Hall–Kier alpha value is -2.29. The average molecular weight is 404 g/mol. The molecule has 1 N–H and O–H groups in total. The number of ketones is 1. The van der Waals surface area contributed by atoms with Crippen LogP contribution < -0.4 is 5.32 Å². The Morgan fingerprint density at radius 3 is 2.30 bits per heavy atom. The van der Waals surface area contributed by atoms with E-state index in [2.05, 4.69) is 5.32 Å². The van der Waals surface area contributed by atoms with Crippen molar-refractivity contribution in [1.29, 1.82) is 0 Å². The summed E-state index contributed by atoms with van der Waals surface area (Å²) in [6.45, 7) is 3.26. The Kier molecular flexibility index (Phi) is 5.88. The summed E-state index contributed by atoms with van der Waals surface area (Å²) in [5, 5.41) is 3.65. The van der Waals surface area contributed by atoms with Crippen LogP contribution in [0.5, 0.6) is 0 Å². The molecular weight excluding hydrogens is 382 g/mol. The second kappa shape index (κ2) is 8.16. The van der Waals surface area contributed by atoms with Crippen molar-refractivity contribution in [1.82, 2.24) is 9.21 Å². The van der Waals surface area contributed by atoms with E-state index in [1.807, 2.05) is 11.0 Å². The fraction of sp³-hybridized carbons (Fsp3) is 0.263. The van der Waals surface area contributed by atoms with E-state index in [9.17, 15) is 13.2 Å². The van der Waals surface area contributed by atoms with Crippen molar-refractivity contribution in [3.8, 4) is 0 Å².